The summed E-state index contributed by atoms with van der Waals surface area (Å²) in [5.41, 5.74) is 1.17. The van der Waals surface area contributed by atoms with E-state index in [-0.39, 0.29) is 5.91 Å². The predicted molar refractivity (Wildman–Crippen MR) is 89.7 cm³/mol. The average Bonchev–Trinajstić information content (AvgIpc) is 3.28. The highest BCUT2D eigenvalue weighted by atomic mass is 32.2. The van der Waals surface area contributed by atoms with Gasteiger partial charge >= 0.3 is 0 Å². The van der Waals surface area contributed by atoms with Crippen LogP contribution in [-0.4, -0.2) is 21.4 Å². The number of nitrogens with one attached hydrogen (secondary N) is 1. The van der Waals surface area contributed by atoms with Gasteiger partial charge in [0.05, 0.1) is 22.6 Å². The Kier molecular flexibility index (Phi) is 4.69. The number of rotatable bonds is 5. The molecule has 7 nitrogen and oxygen atoms in total. The monoisotopic (exact) mass is 360 g/mol. The van der Waals surface area contributed by atoms with Gasteiger partial charge in [-0.1, -0.05) is 11.8 Å². The Labute approximate surface area is 145 Å². The maximum absolute atomic E-state index is 12.2. The molecule has 0 unspecified atom stereocenters. The van der Waals surface area contributed by atoms with Gasteiger partial charge in [0.1, 0.15) is 16.8 Å². The van der Waals surface area contributed by atoms with Crippen molar-refractivity contribution in [2.75, 3.05) is 5.32 Å². The molecular weight excluding hydrogens is 348 g/mol. The molecule has 0 aliphatic carbocycles. The lowest BCUT2D eigenvalue weighted by Crippen LogP contribution is -2.22. The van der Waals surface area contributed by atoms with Gasteiger partial charge < -0.3 is 14.2 Å². The van der Waals surface area contributed by atoms with E-state index in [4.69, 9.17) is 14.1 Å². The molecule has 3 rings (SSSR count). The van der Waals surface area contributed by atoms with E-state index in [2.05, 4.69) is 15.5 Å². The van der Waals surface area contributed by atoms with Crippen molar-refractivity contribution in [3.63, 3.8) is 0 Å². The van der Waals surface area contributed by atoms with Gasteiger partial charge in [0.25, 0.3) is 11.1 Å². The summed E-state index contributed by atoms with van der Waals surface area (Å²) in [6.07, 6.45) is 1.55. The smallest absolute Gasteiger partial charge is 0.277 e. The molecule has 0 saturated heterocycles. The second-order valence-electron chi connectivity index (χ2n) is 4.79. The molecule has 1 amide bonds. The van der Waals surface area contributed by atoms with E-state index in [0.29, 0.717) is 27.4 Å². The van der Waals surface area contributed by atoms with E-state index in [1.165, 1.54) is 11.3 Å². The van der Waals surface area contributed by atoms with Crippen LogP contribution in [0.25, 0.3) is 11.5 Å². The topological polar surface area (TPSA) is 105 Å². The number of carbonyl (C=O) groups excluding carboxylic acids is 1. The molecule has 0 aliphatic heterocycles. The first-order valence-electron chi connectivity index (χ1n) is 6.91. The molecule has 9 heteroatoms. The van der Waals surface area contributed by atoms with E-state index in [0.717, 1.165) is 17.3 Å². The zero-order valence-electron chi connectivity index (χ0n) is 12.8. The first-order chi connectivity index (χ1) is 11.6. The van der Waals surface area contributed by atoms with Crippen LogP contribution in [0, 0.1) is 18.3 Å². The maximum atomic E-state index is 12.2. The van der Waals surface area contributed by atoms with Crippen molar-refractivity contribution in [3.05, 3.63) is 35.1 Å². The van der Waals surface area contributed by atoms with E-state index in [9.17, 15) is 4.79 Å². The summed E-state index contributed by atoms with van der Waals surface area (Å²) in [6.45, 7) is 3.53. The molecule has 1 N–H and O–H groups in total. The van der Waals surface area contributed by atoms with Crippen molar-refractivity contribution in [3.8, 4) is 17.5 Å². The van der Waals surface area contributed by atoms with Crippen LogP contribution in [0.4, 0.5) is 5.00 Å². The van der Waals surface area contributed by atoms with Crippen molar-refractivity contribution < 1.29 is 13.6 Å². The molecule has 122 valence electrons. The molecule has 24 heavy (non-hydrogen) atoms. The SMILES string of the molecule is Cc1occc1-c1nnc(S[C@H](C)C(=O)Nc2sccc2C#N)o1. The number of aromatic nitrogens is 2. The fraction of sp³-hybridized carbons (Fsp3) is 0.200. The second-order valence-corrected chi connectivity index (χ2v) is 7.00. The first-order valence-corrected chi connectivity index (χ1v) is 8.67. The van der Waals surface area contributed by atoms with Gasteiger partial charge in [0, 0.05) is 0 Å². The summed E-state index contributed by atoms with van der Waals surface area (Å²) < 4.78 is 10.8. The first kappa shape index (κ1) is 16.3. The Hall–Kier alpha value is -2.57. The van der Waals surface area contributed by atoms with E-state index in [1.807, 2.05) is 6.07 Å². The van der Waals surface area contributed by atoms with Crippen molar-refractivity contribution in [2.45, 2.75) is 24.3 Å². The Morgan fingerprint density at radius 1 is 1.46 bits per heavy atom. The van der Waals surface area contributed by atoms with Gasteiger partial charge in [0.2, 0.25) is 5.91 Å². The standard InChI is InChI=1S/C15H12N4O3S2/c1-8-11(3-5-21-8)13-18-19-15(22-13)24-9(2)12(20)17-14-10(7-16)4-6-23-14/h3-6,9H,1-2H3,(H,17,20)/t9-/m1/s1. The van der Waals surface area contributed by atoms with Crippen molar-refractivity contribution in [1.82, 2.24) is 10.2 Å². The second kappa shape index (κ2) is 6.90. The normalized spacial score (nSPS) is 11.9. The molecule has 0 spiro atoms. The molecular formula is C15H12N4O3S2. The number of furan rings is 1. The Morgan fingerprint density at radius 3 is 3.00 bits per heavy atom. The lowest BCUT2D eigenvalue weighted by Gasteiger charge is -2.08. The number of carbonyl (C=O) groups is 1. The molecule has 0 fully saturated rings. The fourth-order valence-corrected chi connectivity index (χ4v) is 3.31. The fourth-order valence-electron chi connectivity index (χ4n) is 1.89. The third kappa shape index (κ3) is 3.34. The summed E-state index contributed by atoms with van der Waals surface area (Å²) >= 11 is 2.45. The molecule has 3 aromatic heterocycles. The number of hydrogen-bond donors (Lipinski definition) is 1. The lowest BCUT2D eigenvalue weighted by molar-refractivity contribution is -0.115. The van der Waals surface area contributed by atoms with E-state index < -0.39 is 5.25 Å². The van der Waals surface area contributed by atoms with E-state index >= 15 is 0 Å². The van der Waals surface area contributed by atoms with Crippen LogP contribution in [0.3, 0.4) is 0 Å². The molecule has 1 atom stereocenters. The number of hydrogen-bond acceptors (Lipinski definition) is 8. The highest BCUT2D eigenvalue weighted by Crippen LogP contribution is 2.29. The third-order valence-electron chi connectivity index (χ3n) is 3.16. The zero-order chi connectivity index (χ0) is 17.1. The summed E-state index contributed by atoms with van der Waals surface area (Å²) in [6, 6.07) is 5.44. The van der Waals surface area contributed by atoms with Crippen LogP contribution >= 0.6 is 23.1 Å². The van der Waals surface area contributed by atoms with Crippen LogP contribution in [0.2, 0.25) is 0 Å². The maximum Gasteiger partial charge on any atom is 0.277 e. The van der Waals surface area contributed by atoms with Crippen molar-refractivity contribution >= 4 is 34.0 Å². The Bertz CT molecular complexity index is 906. The lowest BCUT2D eigenvalue weighted by atomic mass is 10.3. The molecule has 0 bridgehead atoms. The molecule has 3 heterocycles. The molecule has 3 aromatic rings. The number of aryl methyl sites for hydroxylation is 1. The summed E-state index contributed by atoms with van der Waals surface area (Å²) in [7, 11) is 0. The highest BCUT2D eigenvalue weighted by Gasteiger charge is 2.21. The van der Waals surface area contributed by atoms with Crippen LogP contribution < -0.4 is 5.32 Å². The Balaban J connectivity index is 1.66. The minimum absolute atomic E-state index is 0.238. The van der Waals surface area contributed by atoms with Gasteiger partial charge in [-0.2, -0.15) is 5.26 Å². The van der Waals surface area contributed by atoms with Gasteiger partial charge in [-0.25, -0.2) is 0 Å². The largest absolute Gasteiger partial charge is 0.469 e. The number of thiophene rings is 1. The summed E-state index contributed by atoms with van der Waals surface area (Å²) in [5, 5.41) is 21.7. The quantitative estimate of drug-likeness (QED) is 0.692. The van der Waals surface area contributed by atoms with Gasteiger partial charge in [-0.3, -0.25) is 4.79 Å². The minimum atomic E-state index is -0.461. The van der Waals surface area contributed by atoms with Crippen molar-refractivity contribution in [2.24, 2.45) is 0 Å². The number of anilines is 1. The van der Waals surface area contributed by atoms with Crippen molar-refractivity contribution in [1.29, 1.82) is 5.26 Å². The number of amides is 1. The zero-order valence-corrected chi connectivity index (χ0v) is 14.4. The van der Waals surface area contributed by atoms with Crippen LogP contribution in [0.5, 0.6) is 0 Å². The highest BCUT2D eigenvalue weighted by molar-refractivity contribution is 8.00. The molecule has 0 aliphatic rings. The average molecular weight is 360 g/mol. The summed E-state index contributed by atoms with van der Waals surface area (Å²) in [5.74, 6) is 0.794. The number of nitrogens with zero attached hydrogens (tertiary/aromatic N) is 3. The predicted octanol–water partition coefficient (Wildman–Crippen LogP) is 3.69. The van der Waals surface area contributed by atoms with Crippen LogP contribution in [0.1, 0.15) is 18.2 Å². The van der Waals surface area contributed by atoms with Gasteiger partial charge in [0.15, 0.2) is 0 Å². The molecule has 0 radical (unpaired) electrons. The summed E-state index contributed by atoms with van der Waals surface area (Å²) in [4.78, 5) is 12.2. The van der Waals surface area contributed by atoms with Crippen LogP contribution in [-0.2, 0) is 4.79 Å². The van der Waals surface area contributed by atoms with Gasteiger partial charge in [-0.15, -0.1) is 21.5 Å². The third-order valence-corrected chi connectivity index (χ3v) is 4.93. The van der Waals surface area contributed by atoms with E-state index in [1.54, 1.807) is 37.6 Å². The minimum Gasteiger partial charge on any atom is -0.469 e. The molecule has 0 aromatic carbocycles. The van der Waals surface area contributed by atoms with Gasteiger partial charge in [-0.05, 0) is 31.4 Å². The number of nitriles is 1. The Morgan fingerprint density at radius 2 is 2.29 bits per heavy atom. The van der Waals surface area contributed by atoms with Crippen LogP contribution in [0.15, 0.2) is 37.8 Å². The number of thioether (sulfide) groups is 1. The molecule has 0 saturated carbocycles.